The second kappa shape index (κ2) is 6.33. The van der Waals surface area contributed by atoms with E-state index in [1.54, 1.807) is 31.3 Å². The highest BCUT2D eigenvalue weighted by molar-refractivity contribution is 6.30. The minimum Gasteiger partial charge on any atom is -0.476 e. The first-order chi connectivity index (χ1) is 11.5. The third kappa shape index (κ3) is 3.09. The smallest absolute Gasteiger partial charge is 0.358 e. The first-order valence-electron chi connectivity index (χ1n) is 7.10. The Balaban J connectivity index is 2.04. The third-order valence-electron chi connectivity index (χ3n) is 3.60. The fourth-order valence-electron chi connectivity index (χ4n) is 2.45. The van der Waals surface area contributed by atoms with Crippen molar-refractivity contribution in [2.45, 2.75) is 13.5 Å². The molecule has 24 heavy (non-hydrogen) atoms. The Morgan fingerprint density at radius 3 is 2.62 bits per heavy atom. The summed E-state index contributed by atoms with van der Waals surface area (Å²) in [6, 6.07) is 10.1. The van der Waals surface area contributed by atoms with Gasteiger partial charge in [-0.05, 0) is 30.7 Å². The molecule has 0 radical (unpaired) electrons. The summed E-state index contributed by atoms with van der Waals surface area (Å²) in [6.07, 6.45) is 1.60. The summed E-state index contributed by atoms with van der Waals surface area (Å²) in [4.78, 5) is 23.4. The lowest BCUT2D eigenvalue weighted by molar-refractivity contribution is 0.0686. The van der Waals surface area contributed by atoms with Gasteiger partial charge < -0.3 is 14.2 Å². The van der Waals surface area contributed by atoms with Gasteiger partial charge in [0.15, 0.2) is 5.69 Å². The molecule has 0 fully saturated rings. The molecule has 0 saturated heterocycles. The third-order valence-corrected chi connectivity index (χ3v) is 3.86. The van der Waals surface area contributed by atoms with Crippen molar-refractivity contribution in [1.29, 1.82) is 0 Å². The van der Waals surface area contributed by atoms with Crippen molar-refractivity contribution < 1.29 is 14.4 Å². The van der Waals surface area contributed by atoms with Crippen molar-refractivity contribution in [1.82, 2.24) is 9.72 Å². The summed E-state index contributed by atoms with van der Waals surface area (Å²) in [5, 5.41) is 13.4. The SMILES string of the molecule is Cc1onc(C(=O)O)c1-c1ccc(=O)n(Cc2ccc(Cl)cc2)c1. The lowest BCUT2D eigenvalue weighted by atomic mass is 10.1. The number of benzene rings is 1. The van der Waals surface area contributed by atoms with E-state index in [-0.39, 0.29) is 11.3 Å². The molecule has 1 aromatic carbocycles. The molecule has 0 amide bonds. The van der Waals surface area contributed by atoms with Gasteiger partial charge in [0.05, 0.1) is 12.1 Å². The molecule has 0 aliphatic heterocycles. The van der Waals surface area contributed by atoms with E-state index < -0.39 is 5.97 Å². The summed E-state index contributed by atoms with van der Waals surface area (Å²) in [5.41, 5.74) is 1.45. The highest BCUT2D eigenvalue weighted by atomic mass is 35.5. The van der Waals surface area contributed by atoms with Gasteiger partial charge in [-0.2, -0.15) is 0 Å². The first-order valence-corrected chi connectivity index (χ1v) is 7.48. The molecule has 6 nitrogen and oxygen atoms in total. The number of carboxylic acid groups (broad SMARTS) is 1. The van der Waals surface area contributed by atoms with Gasteiger partial charge in [0, 0.05) is 22.8 Å². The minimum atomic E-state index is -1.18. The number of aromatic carboxylic acids is 1. The monoisotopic (exact) mass is 344 g/mol. The Hall–Kier alpha value is -2.86. The standard InChI is InChI=1S/C17H13ClN2O4/c1-10-15(16(17(22)23)19-24-10)12-4-7-14(21)20(9-12)8-11-2-5-13(18)6-3-11/h2-7,9H,8H2,1H3,(H,22,23). The zero-order chi connectivity index (χ0) is 17.3. The van der Waals surface area contributed by atoms with Crippen LogP contribution in [0, 0.1) is 6.92 Å². The number of carboxylic acids is 1. The Kier molecular flexibility index (Phi) is 4.22. The van der Waals surface area contributed by atoms with E-state index in [0.717, 1.165) is 5.56 Å². The number of aromatic nitrogens is 2. The van der Waals surface area contributed by atoms with Crippen LogP contribution in [-0.4, -0.2) is 20.8 Å². The van der Waals surface area contributed by atoms with Crippen molar-refractivity contribution in [3.8, 4) is 11.1 Å². The van der Waals surface area contributed by atoms with Gasteiger partial charge in [-0.1, -0.05) is 28.9 Å². The Labute approximate surface area is 141 Å². The van der Waals surface area contributed by atoms with Crippen LogP contribution in [0.25, 0.3) is 11.1 Å². The van der Waals surface area contributed by atoms with Crippen LogP contribution in [-0.2, 0) is 6.54 Å². The van der Waals surface area contributed by atoms with E-state index in [4.69, 9.17) is 16.1 Å². The average Bonchev–Trinajstić information content (AvgIpc) is 2.94. The molecule has 0 spiro atoms. The van der Waals surface area contributed by atoms with E-state index in [1.165, 1.54) is 10.6 Å². The molecule has 7 heteroatoms. The van der Waals surface area contributed by atoms with Crippen LogP contribution in [0.5, 0.6) is 0 Å². The lowest BCUT2D eigenvalue weighted by Crippen LogP contribution is -2.19. The van der Waals surface area contributed by atoms with Crippen LogP contribution in [0.1, 0.15) is 21.8 Å². The largest absolute Gasteiger partial charge is 0.476 e. The van der Waals surface area contributed by atoms with Gasteiger partial charge >= 0.3 is 5.97 Å². The highest BCUT2D eigenvalue weighted by Gasteiger charge is 2.21. The van der Waals surface area contributed by atoms with E-state index in [2.05, 4.69) is 5.16 Å². The fourth-order valence-corrected chi connectivity index (χ4v) is 2.57. The lowest BCUT2D eigenvalue weighted by Gasteiger charge is -2.08. The zero-order valence-corrected chi connectivity index (χ0v) is 13.4. The van der Waals surface area contributed by atoms with Crippen LogP contribution >= 0.6 is 11.6 Å². The number of aryl methyl sites for hydroxylation is 1. The maximum Gasteiger partial charge on any atom is 0.358 e. The molecule has 0 bridgehead atoms. The van der Waals surface area contributed by atoms with Crippen molar-refractivity contribution in [2.24, 2.45) is 0 Å². The summed E-state index contributed by atoms with van der Waals surface area (Å²) in [5.74, 6) is -0.804. The Morgan fingerprint density at radius 1 is 1.25 bits per heavy atom. The van der Waals surface area contributed by atoms with Gasteiger partial charge in [-0.3, -0.25) is 4.79 Å². The van der Waals surface area contributed by atoms with E-state index in [0.29, 0.717) is 28.5 Å². The second-order valence-electron chi connectivity index (χ2n) is 5.28. The van der Waals surface area contributed by atoms with Gasteiger partial charge in [-0.15, -0.1) is 0 Å². The van der Waals surface area contributed by atoms with Gasteiger partial charge in [0.25, 0.3) is 5.56 Å². The molecule has 0 saturated carbocycles. The molecule has 0 aliphatic rings. The molecule has 0 aliphatic carbocycles. The van der Waals surface area contributed by atoms with Gasteiger partial charge in [0.2, 0.25) is 0 Å². The maximum absolute atomic E-state index is 12.1. The summed E-state index contributed by atoms with van der Waals surface area (Å²) >= 11 is 5.86. The summed E-state index contributed by atoms with van der Waals surface area (Å²) in [7, 11) is 0. The Morgan fingerprint density at radius 2 is 1.96 bits per heavy atom. The van der Waals surface area contributed by atoms with E-state index in [9.17, 15) is 14.7 Å². The topological polar surface area (TPSA) is 85.3 Å². The molecule has 2 aromatic heterocycles. The molecule has 0 atom stereocenters. The highest BCUT2D eigenvalue weighted by Crippen LogP contribution is 2.26. The summed E-state index contributed by atoms with van der Waals surface area (Å²) in [6.45, 7) is 1.97. The number of hydrogen-bond donors (Lipinski definition) is 1. The average molecular weight is 345 g/mol. The summed E-state index contributed by atoms with van der Waals surface area (Å²) < 4.78 is 6.48. The molecule has 0 unspecified atom stereocenters. The van der Waals surface area contributed by atoms with E-state index in [1.807, 2.05) is 12.1 Å². The molecule has 2 heterocycles. The molecule has 3 rings (SSSR count). The van der Waals surface area contributed by atoms with Crippen molar-refractivity contribution in [3.05, 3.63) is 75.0 Å². The zero-order valence-electron chi connectivity index (χ0n) is 12.7. The fraction of sp³-hybridized carbons (Fsp3) is 0.118. The molecule has 122 valence electrons. The molecule has 3 aromatic rings. The number of carbonyl (C=O) groups is 1. The number of pyridine rings is 1. The van der Waals surface area contributed by atoms with Gasteiger partial charge in [-0.25, -0.2) is 4.79 Å². The Bertz CT molecular complexity index is 957. The number of nitrogens with zero attached hydrogens (tertiary/aromatic N) is 2. The minimum absolute atomic E-state index is 0.177. The number of hydrogen-bond acceptors (Lipinski definition) is 4. The predicted molar refractivity (Wildman–Crippen MR) is 88.4 cm³/mol. The van der Waals surface area contributed by atoms with Crippen LogP contribution in [0.15, 0.2) is 51.9 Å². The normalized spacial score (nSPS) is 10.8. The first kappa shape index (κ1) is 16.0. The van der Waals surface area contributed by atoms with Crippen LogP contribution in [0.4, 0.5) is 0 Å². The van der Waals surface area contributed by atoms with Crippen molar-refractivity contribution in [3.63, 3.8) is 0 Å². The number of halogens is 1. The predicted octanol–water partition coefficient (Wildman–Crippen LogP) is 3.21. The van der Waals surface area contributed by atoms with Crippen LogP contribution < -0.4 is 5.56 Å². The molecular weight excluding hydrogens is 332 g/mol. The van der Waals surface area contributed by atoms with Crippen molar-refractivity contribution >= 4 is 17.6 Å². The molecular formula is C17H13ClN2O4. The maximum atomic E-state index is 12.1. The second-order valence-corrected chi connectivity index (χ2v) is 5.71. The van der Waals surface area contributed by atoms with E-state index >= 15 is 0 Å². The van der Waals surface area contributed by atoms with Crippen LogP contribution in [0.3, 0.4) is 0 Å². The van der Waals surface area contributed by atoms with Crippen molar-refractivity contribution in [2.75, 3.05) is 0 Å². The molecule has 1 N–H and O–H groups in total. The number of rotatable bonds is 4. The van der Waals surface area contributed by atoms with Crippen LogP contribution in [0.2, 0.25) is 5.02 Å². The van der Waals surface area contributed by atoms with Gasteiger partial charge in [0.1, 0.15) is 5.76 Å². The quantitative estimate of drug-likeness (QED) is 0.785.